The van der Waals surface area contributed by atoms with E-state index in [1.165, 1.54) is 4.90 Å². The summed E-state index contributed by atoms with van der Waals surface area (Å²) in [4.78, 5) is 25.1. The van der Waals surface area contributed by atoms with Crippen molar-refractivity contribution in [1.29, 1.82) is 0 Å². The zero-order chi connectivity index (χ0) is 11.4. The number of imide groups is 1. The maximum absolute atomic E-state index is 11.9. The summed E-state index contributed by atoms with van der Waals surface area (Å²) in [6, 6.07) is 0. The Morgan fingerprint density at radius 2 is 1.87 bits per heavy atom. The van der Waals surface area contributed by atoms with Crippen LogP contribution in [0.2, 0.25) is 0 Å². The molecule has 0 aromatic rings. The molecule has 3 nitrogen and oxygen atoms in total. The lowest BCUT2D eigenvalue weighted by Gasteiger charge is -2.20. The second kappa shape index (κ2) is 3.11. The molecule has 0 aromatic carbocycles. The minimum atomic E-state index is -0.118. The second-order valence-corrected chi connectivity index (χ2v) is 5.26. The van der Waals surface area contributed by atoms with Crippen molar-refractivity contribution in [2.75, 3.05) is 12.3 Å². The monoisotopic (exact) mass is 225 g/mol. The van der Waals surface area contributed by atoms with Crippen molar-refractivity contribution in [2.45, 2.75) is 13.8 Å². The fourth-order valence-electron chi connectivity index (χ4n) is 2.43. The first kappa shape index (κ1) is 10.7. The van der Waals surface area contributed by atoms with Crippen LogP contribution in [0.4, 0.5) is 0 Å². The number of piperidine rings is 1. The zero-order valence-electron chi connectivity index (χ0n) is 8.99. The number of thiol groups is 1. The second-order valence-electron chi connectivity index (χ2n) is 4.95. The molecule has 0 N–H and O–H groups in total. The summed E-state index contributed by atoms with van der Waals surface area (Å²) in [6.07, 6.45) is 0. The Bertz CT molecular complexity index is 338. The summed E-state index contributed by atoms with van der Waals surface area (Å²) >= 11 is 4.07. The van der Waals surface area contributed by atoms with E-state index in [1.807, 2.05) is 13.8 Å². The van der Waals surface area contributed by atoms with E-state index >= 15 is 0 Å². The molecular weight excluding hydrogens is 210 g/mol. The molecule has 0 radical (unpaired) electrons. The maximum Gasteiger partial charge on any atom is 0.233 e. The molecule has 1 aliphatic heterocycles. The van der Waals surface area contributed by atoms with E-state index in [9.17, 15) is 9.59 Å². The summed E-state index contributed by atoms with van der Waals surface area (Å²) in [7, 11) is 0. The van der Waals surface area contributed by atoms with Crippen LogP contribution in [0.1, 0.15) is 13.8 Å². The average molecular weight is 225 g/mol. The lowest BCUT2D eigenvalue weighted by atomic mass is 10.1. The largest absolute Gasteiger partial charge is 0.278 e. The van der Waals surface area contributed by atoms with Gasteiger partial charge >= 0.3 is 0 Å². The molecule has 2 rings (SSSR count). The highest BCUT2D eigenvalue weighted by molar-refractivity contribution is 7.80. The highest BCUT2D eigenvalue weighted by atomic mass is 32.1. The molecule has 2 amide bonds. The van der Waals surface area contributed by atoms with Crippen molar-refractivity contribution >= 4 is 24.4 Å². The van der Waals surface area contributed by atoms with Crippen LogP contribution in [0.3, 0.4) is 0 Å². The van der Waals surface area contributed by atoms with Crippen LogP contribution in [0.5, 0.6) is 0 Å². The number of amides is 2. The Morgan fingerprint density at radius 1 is 1.40 bits per heavy atom. The fraction of sp³-hybridized carbons (Fsp3) is 0.636. The fourth-order valence-corrected chi connectivity index (χ4v) is 2.53. The molecule has 1 saturated carbocycles. The summed E-state index contributed by atoms with van der Waals surface area (Å²) in [5, 5.41) is 0. The van der Waals surface area contributed by atoms with Gasteiger partial charge in [-0.1, -0.05) is 20.4 Å². The third-order valence-electron chi connectivity index (χ3n) is 3.50. The van der Waals surface area contributed by atoms with Gasteiger partial charge in [0.2, 0.25) is 11.8 Å². The molecule has 0 spiro atoms. The number of nitrogens with zero attached hydrogens (tertiary/aromatic N) is 1. The van der Waals surface area contributed by atoms with E-state index in [1.54, 1.807) is 0 Å². The minimum absolute atomic E-state index is 0.0297. The van der Waals surface area contributed by atoms with Gasteiger partial charge in [-0.25, -0.2) is 0 Å². The van der Waals surface area contributed by atoms with Crippen LogP contribution in [-0.4, -0.2) is 29.0 Å². The minimum Gasteiger partial charge on any atom is -0.278 e. The molecule has 82 valence electrons. The van der Waals surface area contributed by atoms with E-state index in [0.29, 0.717) is 12.3 Å². The van der Waals surface area contributed by atoms with Crippen LogP contribution in [-0.2, 0) is 9.59 Å². The zero-order valence-corrected chi connectivity index (χ0v) is 9.88. The highest BCUT2D eigenvalue weighted by Crippen LogP contribution is 2.63. The van der Waals surface area contributed by atoms with Crippen LogP contribution >= 0.6 is 12.6 Å². The number of hydrogen-bond donors (Lipinski definition) is 1. The molecule has 0 bridgehead atoms. The van der Waals surface area contributed by atoms with Crippen molar-refractivity contribution in [3.63, 3.8) is 0 Å². The normalized spacial score (nSPS) is 31.8. The van der Waals surface area contributed by atoms with E-state index in [4.69, 9.17) is 0 Å². The Morgan fingerprint density at radius 3 is 2.27 bits per heavy atom. The maximum atomic E-state index is 11.9. The Labute approximate surface area is 94.9 Å². The van der Waals surface area contributed by atoms with Crippen molar-refractivity contribution in [3.8, 4) is 0 Å². The Balaban J connectivity index is 2.11. The van der Waals surface area contributed by atoms with Crippen molar-refractivity contribution in [1.82, 2.24) is 4.90 Å². The van der Waals surface area contributed by atoms with Gasteiger partial charge in [0.25, 0.3) is 0 Å². The van der Waals surface area contributed by atoms with Crippen molar-refractivity contribution in [2.24, 2.45) is 17.3 Å². The van der Waals surface area contributed by atoms with E-state index < -0.39 is 0 Å². The van der Waals surface area contributed by atoms with Gasteiger partial charge in [-0.3, -0.25) is 14.5 Å². The van der Waals surface area contributed by atoms with Crippen LogP contribution in [0.25, 0.3) is 0 Å². The molecule has 4 heteroatoms. The van der Waals surface area contributed by atoms with Gasteiger partial charge in [0, 0.05) is 5.75 Å². The van der Waals surface area contributed by atoms with Gasteiger partial charge in [-0.2, -0.15) is 12.6 Å². The molecule has 2 atom stereocenters. The molecular formula is C11H15NO2S. The summed E-state index contributed by atoms with van der Waals surface area (Å²) in [5.74, 6) is 0.279. The number of likely N-dealkylation sites (tertiary alicyclic amines) is 1. The standard InChI is InChI=1S/C11H15NO2S/c1-6(5-15)4-12-9(13)7-8(10(12)14)11(7,2)3/h7-8,15H,1,4-5H2,2-3H3. The third kappa shape index (κ3) is 1.34. The van der Waals surface area contributed by atoms with Gasteiger partial charge in [0.15, 0.2) is 0 Å². The molecule has 2 aliphatic rings. The van der Waals surface area contributed by atoms with Crippen LogP contribution < -0.4 is 0 Å². The molecule has 2 fully saturated rings. The number of hydrogen-bond acceptors (Lipinski definition) is 3. The highest BCUT2D eigenvalue weighted by Gasteiger charge is 2.72. The molecule has 1 aliphatic carbocycles. The first-order valence-electron chi connectivity index (χ1n) is 5.04. The predicted molar refractivity (Wildman–Crippen MR) is 60.5 cm³/mol. The Hall–Kier alpha value is -0.770. The summed E-state index contributed by atoms with van der Waals surface area (Å²) < 4.78 is 0. The summed E-state index contributed by atoms with van der Waals surface area (Å²) in [5.41, 5.74) is 0.687. The van der Waals surface area contributed by atoms with Crippen molar-refractivity contribution < 1.29 is 9.59 Å². The number of carbonyl (C=O) groups is 2. The van der Waals surface area contributed by atoms with Gasteiger partial charge in [0.1, 0.15) is 0 Å². The molecule has 2 unspecified atom stereocenters. The van der Waals surface area contributed by atoms with Gasteiger partial charge < -0.3 is 0 Å². The SMILES string of the molecule is C=C(CS)CN1C(=O)C2C(C1=O)C2(C)C. The van der Waals surface area contributed by atoms with Gasteiger partial charge in [-0.15, -0.1) is 0 Å². The van der Waals surface area contributed by atoms with Gasteiger partial charge in [-0.05, 0) is 11.0 Å². The molecule has 0 aromatic heterocycles. The Kier molecular flexibility index (Phi) is 2.23. The lowest BCUT2D eigenvalue weighted by Crippen LogP contribution is -2.37. The van der Waals surface area contributed by atoms with Crippen LogP contribution in [0.15, 0.2) is 12.2 Å². The average Bonchev–Trinajstić information content (AvgIpc) is 2.64. The molecule has 1 saturated heterocycles. The van der Waals surface area contributed by atoms with E-state index in [-0.39, 0.29) is 29.1 Å². The first-order chi connectivity index (χ1) is 6.91. The number of rotatable bonds is 3. The van der Waals surface area contributed by atoms with Gasteiger partial charge in [0.05, 0.1) is 18.4 Å². The lowest BCUT2D eigenvalue weighted by molar-refractivity contribution is -0.142. The quantitative estimate of drug-likeness (QED) is 0.444. The van der Waals surface area contributed by atoms with Crippen LogP contribution in [0, 0.1) is 17.3 Å². The first-order valence-corrected chi connectivity index (χ1v) is 5.67. The number of fused-ring (bicyclic) bond motifs is 1. The number of carbonyl (C=O) groups excluding carboxylic acids is 2. The predicted octanol–water partition coefficient (Wildman–Crippen LogP) is 1.11. The topological polar surface area (TPSA) is 37.4 Å². The van der Waals surface area contributed by atoms with E-state index in [2.05, 4.69) is 19.2 Å². The summed E-state index contributed by atoms with van der Waals surface area (Å²) in [6.45, 7) is 8.05. The van der Waals surface area contributed by atoms with Crippen molar-refractivity contribution in [3.05, 3.63) is 12.2 Å². The molecule has 15 heavy (non-hydrogen) atoms. The smallest absolute Gasteiger partial charge is 0.233 e. The molecule has 1 heterocycles. The van der Waals surface area contributed by atoms with E-state index in [0.717, 1.165) is 5.57 Å². The third-order valence-corrected chi connectivity index (χ3v) is 3.94.